The molecular formula is C22H20ClN5O. The topological polar surface area (TPSA) is 78.4 Å². The summed E-state index contributed by atoms with van der Waals surface area (Å²) in [7, 11) is 0. The van der Waals surface area contributed by atoms with Crippen molar-refractivity contribution < 1.29 is 4.79 Å². The van der Waals surface area contributed by atoms with Gasteiger partial charge in [-0.05, 0) is 48.0 Å². The Balaban J connectivity index is 1.42. The van der Waals surface area contributed by atoms with Gasteiger partial charge >= 0.3 is 0 Å². The third kappa shape index (κ3) is 4.73. The number of rotatable bonds is 5. The Kier molecular flexibility index (Phi) is 5.72. The van der Waals surface area contributed by atoms with Crippen LogP contribution in [0.4, 0.5) is 5.69 Å². The summed E-state index contributed by atoms with van der Waals surface area (Å²) in [6.45, 7) is 2.32. The first-order valence-electron chi connectivity index (χ1n) is 9.32. The van der Waals surface area contributed by atoms with E-state index in [1.54, 1.807) is 18.3 Å². The maximum atomic E-state index is 12.6. The third-order valence-corrected chi connectivity index (χ3v) is 4.84. The van der Waals surface area contributed by atoms with E-state index in [4.69, 9.17) is 11.6 Å². The zero-order chi connectivity index (χ0) is 20.1. The molecule has 1 amide bonds. The third-order valence-electron chi connectivity index (χ3n) is 4.52. The van der Waals surface area contributed by atoms with Gasteiger partial charge in [-0.25, -0.2) is 0 Å². The van der Waals surface area contributed by atoms with E-state index in [1.165, 1.54) is 0 Å². The fourth-order valence-electron chi connectivity index (χ4n) is 3.00. The molecule has 3 aromatic rings. The Morgan fingerprint density at radius 3 is 2.69 bits per heavy atom. The molecule has 3 N–H and O–H groups in total. The highest BCUT2D eigenvalue weighted by Crippen LogP contribution is 2.29. The van der Waals surface area contributed by atoms with Crippen molar-refractivity contribution in [2.75, 3.05) is 18.4 Å². The van der Waals surface area contributed by atoms with Crippen LogP contribution in [0.5, 0.6) is 0 Å². The number of carbonyl (C=O) groups excluding carboxylic acids is 1. The van der Waals surface area contributed by atoms with Crippen molar-refractivity contribution >= 4 is 29.2 Å². The Hall–Kier alpha value is -3.38. The van der Waals surface area contributed by atoms with Crippen LogP contribution in [0.25, 0.3) is 11.3 Å². The zero-order valence-corrected chi connectivity index (χ0v) is 16.4. The van der Waals surface area contributed by atoms with E-state index in [-0.39, 0.29) is 5.91 Å². The number of halogens is 1. The number of nitrogens with zero attached hydrogens (tertiary/aromatic N) is 2. The summed E-state index contributed by atoms with van der Waals surface area (Å²) in [4.78, 5) is 21.2. The standard InChI is InChI=1S/C22H20ClN5O/c23-19-9-8-17(13-18(19)20-3-1-2-10-24-20)28-21(29)16-6-4-15(5-7-16)14-27-22-25-11-12-26-22/h1-10,13H,11-12,14H2,(H,28,29)(H2,25,26,27). The lowest BCUT2D eigenvalue weighted by Gasteiger charge is -2.10. The summed E-state index contributed by atoms with van der Waals surface area (Å²) in [6, 6.07) is 18.5. The zero-order valence-electron chi connectivity index (χ0n) is 15.7. The van der Waals surface area contributed by atoms with Gasteiger partial charge in [-0.3, -0.25) is 14.8 Å². The van der Waals surface area contributed by atoms with Crippen LogP contribution in [0.3, 0.4) is 0 Å². The summed E-state index contributed by atoms with van der Waals surface area (Å²) < 4.78 is 0. The van der Waals surface area contributed by atoms with Gasteiger partial charge in [0.25, 0.3) is 5.91 Å². The number of guanidine groups is 1. The molecule has 0 saturated carbocycles. The Bertz CT molecular complexity index is 1030. The van der Waals surface area contributed by atoms with Gasteiger partial charge in [0.15, 0.2) is 5.96 Å². The minimum absolute atomic E-state index is 0.180. The lowest BCUT2D eigenvalue weighted by Crippen LogP contribution is -2.33. The van der Waals surface area contributed by atoms with Crippen LogP contribution in [0, 0.1) is 0 Å². The first kappa shape index (κ1) is 19.0. The van der Waals surface area contributed by atoms with Gasteiger partial charge in [-0.1, -0.05) is 29.8 Å². The molecule has 1 aliphatic rings. The average Bonchev–Trinajstić information content (AvgIpc) is 3.28. The molecule has 146 valence electrons. The molecule has 0 atom stereocenters. The molecule has 2 aromatic carbocycles. The van der Waals surface area contributed by atoms with Crippen molar-refractivity contribution in [2.45, 2.75) is 6.54 Å². The molecule has 1 aliphatic heterocycles. The summed E-state index contributed by atoms with van der Waals surface area (Å²) >= 11 is 6.31. The van der Waals surface area contributed by atoms with E-state index in [2.05, 4.69) is 25.9 Å². The number of nitrogens with one attached hydrogen (secondary N) is 3. The molecule has 0 radical (unpaired) electrons. The predicted octanol–water partition coefficient (Wildman–Crippen LogP) is 3.70. The number of aliphatic imine (C=N–C) groups is 1. The number of benzene rings is 2. The summed E-state index contributed by atoms with van der Waals surface area (Å²) in [6.07, 6.45) is 1.71. The van der Waals surface area contributed by atoms with Crippen molar-refractivity contribution in [3.8, 4) is 11.3 Å². The second kappa shape index (κ2) is 8.75. The highest BCUT2D eigenvalue weighted by Gasteiger charge is 2.10. The Morgan fingerprint density at radius 2 is 1.97 bits per heavy atom. The Labute approximate surface area is 174 Å². The van der Waals surface area contributed by atoms with Crippen molar-refractivity contribution in [1.29, 1.82) is 0 Å². The molecule has 0 aliphatic carbocycles. The lowest BCUT2D eigenvalue weighted by molar-refractivity contribution is 0.102. The van der Waals surface area contributed by atoms with Crippen LogP contribution in [-0.2, 0) is 6.54 Å². The molecule has 29 heavy (non-hydrogen) atoms. The maximum Gasteiger partial charge on any atom is 0.255 e. The number of hydrogen-bond acceptors (Lipinski definition) is 5. The van der Waals surface area contributed by atoms with E-state index in [1.807, 2.05) is 48.5 Å². The van der Waals surface area contributed by atoms with Crippen molar-refractivity contribution in [2.24, 2.45) is 4.99 Å². The first-order valence-corrected chi connectivity index (χ1v) is 9.70. The van der Waals surface area contributed by atoms with Gasteiger partial charge in [0.1, 0.15) is 0 Å². The number of pyridine rings is 1. The SMILES string of the molecule is O=C(Nc1ccc(Cl)c(-c2ccccn2)c1)c1ccc(CNC2=NCCN2)cc1. The number of hydrogen-bond donors (Lipinski definition) is 3. The molecule has 0 fully saturated rings. The fourth-order valence-corrected chi connectivity index (χ4v) is 3.22. The second-order valence-corrected chi connectivity index (χ2v) is 6.98. The normalized spacial score (nSPS) is 12.8. The van der Waals surface area contributed by atoms with E-state index >= 15 is 0 Å². The lowest BCUT2D eigenvalue weighted by atomic mass is 10.1. The second-order valence-electron chi connectivity index (χ2n) is 6.57. The van der Waals surface area contributed by atoms with E-state index in [9.17, 15) is 4.79 Å². The van der Waals surface area contributed by atoms with Crippen LogP contribution >= 0.6 is 11.6 Å². The van der Waals surface area contributed by atoms with Crippen LogP contribution < -0.4 is 16.0 Å². The summed E-state index contributed by atoms with van der Waals surface area (Å²) in [5.74, 6) is 0.638. The number of aromatic nitrogens is 1. The average molecular weight is 406 g/mol. The highest BCUT2D eigenvalue weighted by molar-refractivity contribution is 6.33. The minimum atomic E-state index is -0.180. The Morgan fingerprint density at radius 1 is 1.10 bits per heavy atom. The molecule has 0 unspecified atom stereocenters. The molecule has 4 rings (SSSR count). The van der Waals surface area contributed by atoms with Gasteiger partial charge in [0.05, 0.1) is 17.3 Å². The van der Waals surface area contributed by atoms with Crippen LogP contribution in [0.1, 0.15) is 15.9 Å². The molecule has 1 aromatic heterocycles. The molecule has 0 spiro atoms. The van der Waals surface area contributed by atoms with E-state index in [0.29, 0.717) is 22.8 Å². The molecule has 6 nitrogen and oxygen atoms in total. The highest BCUT2D eigenvalue weighted by atomic mass is 35.5. The van der Waals surface area contributed by atoms with Gasteiger partial charge in [-0.15, -0.1) is 0 Å². The van der Waals surface area contributed by atoms with Crippen molar-refractivity contribution in [3.63, 3.8) is 0 Å². The number of amides is 1. The molecule has 2 heterocycles. The fraction of sp³-hybridized carbons (Fsp3) is 0.136. The van der Waals surface area contributed by atoms with E-state index in [0.717, 1.165) is 35.9 Å². The monoisotopic (exact) mass is 405 g/mol. The largest absolute Gasteiger partial charge is 0.355 e. The maximum absolute atomic E-state index is 12.6. The van der Waals surface area contributed by atoms with Crippen LogP contribution in [-0.4, -0.2) is 29.9 Å². The van der Waals surface area contributed by atoms with Gasteiger partial charge in [0, 0.05) is 36.1 Å². The summed E-state index contributed by atoms with van der Waals surface area (Å²) in [5, 5.41) is 9.90. The van der Waals surface area contributed by atoms with Crippen LogP contribution in [0.15, 0.2) is 71.9 Å². The van der Waals surface area contributed by atoms with Gasteiger partial charge in [0.2, 0.25) is 0 Å². The van der Waals surface area contributed by atoms with Gasteiger partial charge < -0.3 is 16.0 Å². The molecule has 0 bridgehead atoms. The van der Waals surface area contributed by atoms with Crippen molar-refractivity contribution in [1.82, 2.24) is 15.6 Å². The molecule has 7 heteroatoms. The van der Waals surface area contributed by atoms with E-state index < -0.39 is 0 Å². The number of anilines is 1. The summed E-state index contributed by atoms with van der Waals surface area (Å²) in [5.41, 5.74) is 3.85. The van der Waals surface area contributed by atoms with Gasteiger partial charge in [-0.2, -0.15) is 0 Å². The molecule has 0 saturated heterocycles. The van der Waals surface area contributed by atoms with Crippen molar-refractivity contribution in [3.05, 3.63) is 83.0 Å². The minimum Gasteiger partial charge on any atom is -0.355 e. The number of carbonyl (C=O) groups is 1. The quantitative estimate of drug-likeness (QED) is 0.604. The smallest absolute Gasteiger partial charge is 0.255 e. The molecular weight excluding hydrogens is 386 g/mol. The predicted molar refractivity (Wildman–Crippen MR) is 116 cm³/mol. The van der Waals surface area contributed by atoms with Crippen LogP contribution in [0.2, 0.25) is 5.02 Å². The first-order chi connectivity index (χ1) is 14.2.